The van der Waals surface area contributed by atoms with Gasteiger partial charge in [-0.25, -0.2) is 9.78 Å². The summed E-state index contributed by atoms with van der Waals surface area (Å²) in [4.78, 5) is 26.8. The zero-order valence-corrected chi connectivity index (χ0v) is 8.98. The molecule has 0 fully saturated rings. The monoisotopic (exact) mass is 228 g/mol. The van der Waals surface area contributed by atoms with Crippen molar-refractivity contribution in [2.24, 2.45) is 0 Å². The standard InChI is InChI=1S/C10H13FN2O3/c1-2-16-10(15)8-6-12-7-13(9(8)14)5-3-4-11/h6-7H,2-5H2,1H3. The van der Waals surface area contributed by atoms with E-state index in [9.17, 15) is 14.0 Å². The molecule has 88 valence electrons. The first-order valence-corrected chi connectivity index (χ1v) is 4.98. The molecule has 0 aliphatic heterocycles. The van der Waals surface area contributed by atoms with Crippen LogP contribution in [-0.2, 0) is 11.3 Å². The molecule has 5 nitrogen and oxygen atoms in total. The molecular formula is C10H13FN2O3. The van der Waals surface area contributed by atoms with Gasteiger partial charge < -0.3 is 4.74 Å². The number of aromatic nitrogens is 2. The number of rotatable bonds is 5. The second kappa shape index (κ2) is 5.99. The Kier molecular flexibility index (Phi) is 4.63. The van der Waals surface area contributed by atoms with Crippen molar-refractivity contribution in [2.75, 3.05) is 13.3 Å². The Hall–Kier alpha value is -1.72. The van der Waals surface area contributed by atoms with Crippen molar-refractivity contribution in [2.45, 2.75) is 19.9 Å². The topological polar surface area (TPSA) is 61.2 Å². The quantitative estimate of drug-likeness (QED) is 0.699. The van der Waals surface area contributed by atoms with Gasteiger partial charge in [0, 0.05) is 12.7 Å². The summed E-state index contributed by atoms with van der Waals surface area (Å²) in [7, 11) is 0. The lowest BCUT2D eigenvalue weighted by atomic mass is 10.3. The maximum atomic E-state index is 12.0. The molecule has 1 aromatic heterocycles. The largest absolute Gasteiger partial charge is 0.462 e. The van der Waals surface area contributed by atoms with Crippen LogP contribution in [0, 0.1) is 0 Å². The molecule has 16 heavy (non-hydrogen) atoms. The number of halogens is 1. The van der Waals surface area contributed by atoms with Crippen molar-refractivity contribution in [1.82, 2.24) is 9.55 Å². The molecule has 0 amide bonds. The lowest BCUT2D eigenvalue weighted by Crippen LogP contribution is -2.27. The van der Waals surface area contributed by atoms with Crippen molar-refractivity contribution in [3.05, 3.63) is 28.4 Å². The molecule has 0 aliphatic carbocycles. The molecule has 0 radical (unpaired) electrons. The van der Waals surface area contributed by atoms with Gasteiger partial charge in [-0.2, -0.15) is 0 Å². The molecule has 0 saturated carbocycles. The highest BCUT2D eigenvalue weighted by Crippen LogP contribution is 1.94. The minimum atomic E-state index is -0.699. The van der Waals surface area contributed by atoms with Gasteiger partial charge in [-0.15, -0.1) is 0 Å². The average Bonchev–Trinajstić information content (AvgIpc) is 2.28. The summed E-state index contributed by atoms with van der Waals surface area (Å²) in [5.41, 5.74) is -0.620. The van der Waals surface area contributed by atoms with Crippen LogP contribution in [-0.4, -0.2) is 28.8 Å². The fourth-order valence-electron chi connectivity index (χ4n) is 1.19. The summed E-state index contributed by atoms with van der Waals surface area (Å²) in [6.07, 6.45) is 2.65. The van der Waals surface area contributed by atoms with E-state index in [1.54, 1.807) is 6.92 Å². The molecule has 0 unspecified atom stereocenters. The van der Waals surface area contributed by atoms with Gasteiger partial charge >= 0.3 is 5.97 Å². The highest BCUT2D eigenvalue weighted by Gasteiger charge is 2.13. The minimum Gasteiger partial charge on any atom is -0.462 e. The van der Waals surface area contributed by atoms with E-state index in [1.165, 1.54) is 10.9 Å². The van der Waals surface area contributed by atoms with Gasteiger partial charge in [0.05, 0.1) is 19.6 Å². The smallest absolute Gasteiger partial charge is 0.345 e. The molecule has 0 bridgehead atoms. The minimum absolute atomic E-state index is 0.122. The molecule has 1 heterocycles. The van der Waals surface area contributed by atoms with Crippen molar-refractivity contribution in [3.63, 3.8) is 0 Å². The van der Waals surface area contributed by atoms with Crippen LogP contribution in [0.4, 0.5) is 4.39 Å². The Bertz CT molecular complexity index is 417. The Morgan fingerprint density at radius 2 is 2.38 bits per heavy atom. The van der Waals surface area contributed by atoms with Crippen LogP contribution in [0.5, 0.6) is 0 Å². The molecule has 6 heteroatoms. The summed E-state index contributed by atoms with van der Waals surface area (Å²) >= 11 is 0. The number of hydrogen-bond donors (Lipinski definition) is 0. The van der Waals surface area contributed by atoms with Crippen LogP contribution in [0.2, 0.25) is 0 Å². The predicted molar refractivity (Wildman–Crippen MR) is 55.0 cm³/mol. The van der Waals surface area contributed by atoms with Crippen molar-refractivity contribution in [1.29, 1.82) is 0 Å². The molecule has 0 saturated heterocycles. The van der Waals surface area contributed by atoms with E-state index in [0.717, 1.165) is 6.20 Å². The Labute approximate surface area is 91.9 Å². The van der Waals surface area contributed by atoms with E-state index >= 15 is 0 Å². The summed E-state index contributed by atoms with van der Waals surface area (Å²) in [5, 5.41) is 0. The highest BCUT2D eigenvalue weighted by molar-refractivity contribution is 5.88. The first-order chi connectivity index (χ1) is 7.70. The summed E-state index contributed by atoms with van der Waals surface area (Å²) in [6, 6.07) is 0. The number of aryl methyl sites for hydroxylation is 1. The van der Waals surface area contributed by atoms with E-state index in [1.807, 2.05) is 0 Å². The van der Waals surface area contributed by atoms with E-state index < -0.39 is 18.2 Å². The second-order valence-corrected chi connectivity index (χ2v) is 3.07. The van der Waals surface area contributed by atoms with Gasteiger partial charge in [-0.3, -0.25) is 13.8 Å². The number of carbonyl (C=O) groups excluding carboxylic acids is 1. The van der Waals surface area contributed by atoms with Crippen LogP contribution >= 0.6 is 0 Å². The van der Waals surface area contributed by atoms with Gasteiger partial charge in [0.15, 0.2) is 0 Å². The highest BCUT2D eigenvalue weighted by atomic mass is 19.1. The SMILES string of the molecule is CCOC(=O)c1cncn(CCCF)c1=O. The van der Waals surface area contributed by atoms with Crippen LogP contribution in [0.1, 0.15) is 23.7 Å². The van der Waals surface area contributed by atoms with Gasteiger partial charge in [0.2, 0.25) is 0 Å². The van der Waals surface area contributed by atoms with Crippen molar-refractivity contribution in [3.8, 4) is 0 Å². The Morgan fingerprint density at radius 1 is 1.62 bits per heavy atom. The van der Waals surface area contributed by atoms with Gasteiger partial charge in [-0.05, 0) is 13.3 Å². The summed E-state index contributed by atoms with van der Waals surface area (Å²) in [6.45, 7) is 1.53. The van der Waals surface area contributed by atoms with E-state index in [0.29, 0.717) is 0 Å². The van der Waals surface area contributed by atoms with Crippen LogP contribution < -0.4 is 5.56 Å². The second-order valence-electron chi connectivity index (χ2n) is 3.07. The maximum Gasteiger partial charge on any atom is 0.345 e. The number of hydrogen-bond acceptors (Lipinski definition) is 4. The number of nitrogens with zero attached hydrogens (tertiary/aromatic N) is 2. The number of ether oxygens (including phenoxy) is 1. The molecule has 0 aromatic carbocycles. The van der Waals surface area contributed by atoms with Crippen LogP contribution in [0.15, 0.2) is 17.3 Å². The maximum absolute atomic E-state index is 12.0. The zero-order valence-electron chi connectivity index (χ0n) is 8.98. The lowest BCUT2D eigenvalue weighted by Gasteiger charge is -2.05. The molecule has 1 aromatic rings. The molecule has 0 spiro atoms. The average molecular weight is 228 g/mol. The van der Waals surface area contributed by atoms with Gasteiger partial charge in [0.25, 0.3) is 5.56 Å². The van der Waals surface area contributed by atoms with Gasteiger partial charge in [-0.1, -0.05) is 0 Å². The molecule has 0 aliphatic rings. The van der Waals surface area contributed by atoms with Crippen LogP contribution in [0.25, 0.3) is 0 Å². The molecular weight excluding hydrogens is 215 g/mol. The zero-order chi connectivity index (χ0) is 12.0. The third-order valence-corrected chi connectivity index (χ3v) is 1.93. The Balaban J connectivity index is 2.95. The third-order valence-electron chi connectivity index (χ3n) is 1.93. The molecule has 0 N–H and O–H groups in total. The normalized spacial score (nSPS) is 10.1. The Morgan fingerprint density at radius 3 is 3.00 bits per heavy atom. The third kappa shape index (κ3) is 2.88. The number of esters is 1. The predicted octanol–water partition coefficient (Wildman–Crippen LogP) is 0.780. The first kappa shape index (κ1) is 12.4. The molecule has 1 rings (SSSR count). The van der Waals surface area contributed by atoms with Crippen molar-refractivity contribution >= 4 is 5.97 Å². The fraction of sp³-hybridized carbons (Fsp3) is 0.500. The van der Waals surface area contributed by atoms with E-state index in [4.69, 9.17) is 4.74 Å². The van der Waals surface area contributed by atoms with Gasteiger partial charge in [0.1, 0.15) is 5.56 Å². The van der Waals surface area contributed by atoms with E-state index in [2.05, 4.69) is 4.98 Å². The van der Waals surface area contributed by atoms with E-state index in [-0.39, 0.29) is 25.1 Å². The number of alkyl halides is 1. The molecule has 0 atom stereocenters. The summed E-state index contributed by atoms with van der Waals surface area (Å²) < 4.78 is 17.9. The first-order valence-electron chi connectivity index (χ1n) is 4.98. The summed E-state index contributed by atoms with van der Waals surface area (Å²) in [5.74, 6) is -0.699. The van der Waals surface area contributed by atoms with Crippen molar-refractivity contribution < 1.29 is 13.9 Å². The fourth-order valence-corrected chi connectivity index (χ4v) is 1.19. The number of carbonyl (C=O) groups is 1. The lowest BCUT2D eigenvalue weighted by molar-refractivity contribution is 0.0523. The van der Waals surface area contributed by atoms with Crippen LogP contribution in [0.3, 0.4) is 0 Å².